The minimum atomic E-state index is -0.177. The maximum absolute atomic E-state index is 12.5. The van der Waals surface area contributed by atoms with E-state index in [2.05, 4.69) is 5.32 Å². The summed E-state index contributed by atoms with van der Waals surface area (Å²) in [7, 11) is 1.55. The van der Waals surface area contributed by atoms with Crippen molar-refractivity contribution >= 4 is 5.91 Å². The highest BCUT2D eigenvalue weighted by Gasteiger charge is 2.17. The topological polar surface area (TPSA) is 58.6 Å². The third-order valence-electron chi connectivity index (χ3n) is 3.51. The molecule has 0 aliphatic heterocycles. The fraction of sp³-hybridized carbons (Fsp3) is 0.278. The molecule has 2 aromatic carbocycles. The number of hydrogen-bond acceptors (Lipinski definition) is 3. The van der Waals surface area contributed by atoms with Crippen molar-refractivity contribution in [2.24, 2.45) is 0 Å². The minimum absolute atomic E-state index is 0.105. The van der Waals surface area contributed by atoms with Crippen LogP contribution in [0.25, 0.3) is 0 Å². The first-order valence-corrected chi connectivity index (χ1v) is 7.36. The fourth-order valence-corrected chi connectivity index (χ4v) is 2.37. The molecule has 0 aliphatic carbocycles. The number of para-hydroxylation sites is 1. The zero-order valence-electron chi connectivity index (χ0n) is 12.7. The Hall–Kier alpha value is -2.33. The van der Waals surface area contributed by atoms with Gasteiger partial charge in [-0.1, -0.05) is 42.5 Å². The van der Waals surface area contributed by atoms with Crippen LogP contribution in [-0.2, 0) is 0 Å². The predicted molar refractivity (Wildman–Crippen MR) is 86.0 cm³/mol. The molecule has 4 heteroatoms. The Morgan fingerprint density at radius 2 is 1.82 bits per heavy atom. The largest absolute Gasteiger partial charge is 0.496 e. The Balaban J connectivity index is 2.17. The van der Waals surface area contributed by atoms with Crippen LogP contribution >= 0.6 is 0 Å². The van der Waals surface area contributed by atoms with Crippen molar-refractivity contribution in [1.82, 2.24) is 5.32 Å². The molecule has 0 saturated heterocycles. The summed E-state index contributed by atoms with van der Waals surface area (Å²) in [6.07, 6.45) is 1.31. The van der Waals surface area contributed by atoms with Gasteiger partial charge >= 0.3 is 0 Å². The summed E-state index contributed by atoms with van der Waals surface area (Å²) in [5.74, 6) is 0.373. The molecule has 4 nitrogen and oxygen atoms in total. The van der Waals surface area contributed by atoms with E-state index in [-0.39, 0.29) is 18.6 Å². The molecule has 1 atom stereocenters. The van der Waals surface area contributed by atoms with Crippen LogP contribution in [0.4, 0.5) is 0 Å². The van der Waals surface area contributed by atoms with Gasteiger partial charge in [0.2, 0.25) is 0 Å². The molecule has 0 heterocycles. The summed E-state index contributed by atoms with van der Waals surface area (Å²) in [6.45, 7) is 0.105. The van der Waals surface area contributed by atoms with E-state index in [1.807, 2.05) is 42.5 Å². The second kappa shape index (κ2) is 8.20. The number of carbonyl (C=O) groups is 1. The highest BCUT2D eigenvalue weighted by atomic mass is 16.5. The lowest BCUT2D eigenvalue weighted by atomic mass is 10.0. The molecule has 2 rings (SSSR count). The average Bonchev–Trinajstić information content (AvgIpc) is 2.59. The number of benzene rings is 2. The summed E-state index contributed by atoms with van der Waals surface area (Å²) < 4.78 is 5.23. The van der Waals surface area contributed by atoms with E-state index in [1.165, 1.54) is 0 Å². The quantitative estimate of drug-likeness (QED) is 0.826. The van der Waals surface area contributed by atoms with Crippen molar-refractivity contribution in [3.63, 3.8) is 0 Å². The standard InChI is InChI=1S/C18H21NO3/c1-22-17-12-6-5-10-15(17)18(21)19-16(11-7-13-20)14-8-3-2-4-9-14/h2-6,8-10,12,16,20H,7,11,13H2,1H3,(H,19,21). The molecule has 0 radical (unpaired) electrons. The van der Waals surface area contributed by atoms with Crippen LogP contribution in [0.1, 0.15) is 34.8 Å². The number of amides is 1. The van der Waals surface area contributed by atoms with Gasteiger partial charge in [0.05, 0.1) is 18.7 Å². The lowest BCUT2D eigenvalue weighted by Gasteiger charge is -2.19. The van der Waals surface area contributed by atoms with Gasteiger partial charge in [-0.15, -0.1) is 0 Å². The molecular formula is C18H21NO3. The van der Waals surface area contributed by atoms with Crippen LogP contribution in [0.3, 0.4) is 0 Å². The molecule has 0 bridgehead atoms. The monoisotopic (exact) mass is 299 g/mol. The Kier molecular flexibility index (Phi) is 5.98. The van der Waals surface area contributed by atoms with E-state index in [0.29, 0.717) is 24.2 Å². The van der Waals surface area contributed by atoms with E-state index < -0.39 is 0 Å². The van der Waals surface area contributed by atoms with E-state index in [9.17, 15) is 4.79 Å². The number of methoxy groups -OCH3 is 1. The molecule has 2 aromatic rings. The number of hydrogen-bond donors (Lipinski definition) is 2. The summed E-state index contributed by atoms with van der Waals surface area (Å²) in [5, 5.41) is 12.1. The number of aliphatic hydroxyl groups is 1. The van der Waals surface area contributed by atoms with Crippen LogP contribution in [0, 0.1) is 0 Å². The van der Waals surface area contributed by atoms with E-state index in [4.69, 9.17) is 9.84 Å². The van der Waals surface area contributed by atoms with Gasteiger partial charge in [0.1, 0.15) is 5.75 Å². The number of rotatable bonds is 7. The SMILES string of the molecule is COc1ccccc1C(=O)NC(CCCO)c1ccccc1. The molecule has 0 spiro atoms. The first kappa shape index (κ1) is 16.0. The molecule has 1 unspecified atom stereocenters. The zero-order chi connectivity index (χ0) is 15.8. The molecule has 2 N–H and O–H groups in total. The van der Waals surface area contributed by atoms with Crippen LogP contribution in [0.2, 0.25) is 0 Å². The first-order chi connectivity index (χ1) is 10.8. The lowest BCUT2D eigenvalue weighted by molar-refractivity contribution is 0.0929. The van der Waals surface area contributed by atoms with Crippen molar-refractivity contribution in [3.05, 3.63) is 65.7 Å². The summed E-state index contributed by atoms with van der Waals surface area (Å²) in [6, 6.07) is 16.8. The highest BCUT2D eigenvalue weighted by molar-refractivity contribution is 5.97. The second-order valence-electron chi connectivity index (χ2n) is 5.00. The smallest absolute Gasteiger partial charge is 0.255 e. The number of carbonyl (C=O) groups excluding carboxylic acids is 1. The van der Waals surface area contributed by atoms with Gasteiger partial charge in [-0.2, -0.15) is 0 Å². The van der Waals surface area contributed by atoms with E-state index in [1.54, 1.807) is 19.2 Å². The molecule has 0 fully saturated rings. The van der Waals surface area contributed by atoms with Crippen molar-refractivity contribution in [1.29, 1.82) is 0 Å². The van der Waals surface area contributed by atoms with E-state index >= 15 is 0 Å². The molecule has 22 heavy (non-hydrogen) atoms. The average molecular weight is 299 g/mol. The summed E-state index contributed by atoms with van der Waals surface area (Å²) in [4.78, 5) is 12.5. The van der Waals surface area contributed by atoms with Crippen molar-refractivity contribution in [3.8, 4) is 5.75 Å². The minimum Gasteiger partial charge on any atom is -0.496 e. The lowest BCUT2D eigenvalue weighted by Crippen LogP contribution is -2.29. The van der Waals surface area contributed by atoms with Gasteiger partial charge in [0, 0.05) is 6.61 Å². The maximum atomic E-state index is 12.5. The number of nitrogens with one attached hydrogen (secondary N) is 1. The van der Waals surface area contributed by atoms with Crippen molar-refractivity contribution < 1.29 is 14.6 Å². The highest BCUT2D eigenvalue weighted by Crippen LogP contribution is 2.22. The Morgan fingerprint density at radius 3 is 2.50 bits per heavy atom. The molecular weight excluding hydrogens is 278 g/mol. The summed E-state index contributed by atoms with van der Waals surface area (Å²) >= 11 is 0. The number of aliphatic hydroxyl groups excluding tert-OH is 1. The normalized spacial score (nSPS) is 11.7. The molecule has 0 aliphatic rings. The third-order valence-corrected chi connectivity index (χ3v) is 3.51. The Bertz CT molecular complexity index is 598. The van der Waals surface area contributed by atoms with Crippen LogP contribution in [0.15, 0.2) is 54.6 Å². The molecule has 1 amide bonds. The van der Waals surface area contributed by atoms with Crippen molar-refractivity contribution in [2.75, 3.05) is 13.7 Å². The van der Waals surface area contributed by atoms with Gasteiger partial charge < -0.3 is 15.2 Å². The van der Waals surface area contributed by atoms with Crippen LogP contribution in [0.5, 0.6) is 5.75 Å². The Labute approximate surface area is 130 Å². The van der Waals surface area contributed by atoms with Gasteiger partial charge in [-0.25, -0.2) is 0 Å². The third kappa shape index (κ3) is 4.09. The van der Waals surface area contributed by atoms with Gasteiger partial charge in [0.15, 0.2) is 0 Å². The Morgan fingerprint density at radius 1 is 1.14 bits per heavy atom. The van der Waals surface area contributed by atoms with E-state index in [0.717, 1.165) is 5.56 Å². The summed E-state index contributed by atoms with van der Waals surface area (Å²) in [5.41, 5.74) is 1.54. The van der Waals surface area contributed by atoms with Crippen LogP contribution in [-0.4, -0.2) is 24.7 Å². The second-order valence-corrected chi connectivity index (χ2v) is 5.00. The van der Waals surface area contributed by atoms with Crippen molar-refractivity contribution in [2.45, 2.75) is 18.9 Å². The first-order valence-electron chi connectivity index (χ1n) is 7.36. The van der Waals surface area contributed by atoms with Gasteiger partial charge in [-0.05, 0) is 30.5 Å². The maximum Gasteiger partial charge on any atom is 0.255 e. The fourth-order valence-electron chi connectivity index (χ4n) is 2.37. The number of ether oxygens (including phenoxy) is 1. The molecule has 0 aromatic heterocycles. The molecule has 0 saturated carbocycles. The predicted octanol–water partition coefficient (Wildman–Crippen LogP) is 2.94. The van der Waals surface area contributed by atoms with Crippen LogP contribution < -0.4 is 10.1 Å². The molecule has 116 valence electrons. The van der Waals surface area contributed by atoms with Gasteiger partial charge in [0.25, 0.3) is 5.91 Å². The zero-order valence-corrected chi connectivity index (χ0v) is 12.7. The van der Waals surface area contributed by atoms with Gasteiger partial charge in [-0.3, -0.25) is 4.79 Å².